The van der Waals surface area contributed by atoms with E-state index in [0.29, 0.717) is 0 Å². The summed E-state index contributed by atoms with van der Waals surface area (Å²) in [6.07, 6.45) is -3.70. The maximum absolute atomic E-state index is 12.3. The molecule has 110 valence electrons. The van der Waals surface area contributed by atoms with Gasteiger partial charge in [-0.25, -0.2) is 4.98 Å². The highest BCUT2D eigenvalue weighted by Gasteiger charge is 2.32. The van der Waals surface area contributed by atoms with E-state index in [-0.39, 0.29) is 17.0 Å². The number of hydrogen-bond donors (Lipinski definition) is 3. The van der Waals surface area contributed by atoms with E-state index in [1.54, 1.807) is 0 Å². The molecule has 1 heterocycles. The van der Waals surface area contributed by atoms with Crippen LogP contribution in [0.1, 0.15) is 16.1 Å². The standard InChI is InChI=1S/C13H9F3N2O3/c14-13(15,16)11-4-1-7(6-17-11)18-12(21)9-3-2-8(19)5-10(9)20/h1-6,19-20H,(H,18,21). The number of aromatic hydroxyl groups is 2. The Morgan fingerprint density at radius 2 is 1.86 bits per heavy atom. The van der Waals surface area contributed by atoms with Gasteiger partial charge in [-0.05, 0) is 24.3 Å². The number of carbonyl (C=O) groups excluding carboxylic acids is 1. The maximum Gasteiger partial charge on any atom is 0.433 e. The lowest BCUT2D eigenvalue weighted by Gasteiger charge is -2.09. The molecule has 1 aromatic carbocycles. The van der Waals surface area contributed by atoms with Gasteiger partial charge in [-0.2, -0.15) is 13.2 Å². The molecule has 0 saturated heterocycles. The largest absolute Gasteiger partial charge is 0.508 e. The topological polar surface area (TPSA) is 82.5 Å². The molecule has 1 amide bonds. The summed E-state index contributed by atoms with van der Waals surface area (Å²) in [6.45, 7) is 0. The zero-order chi connectivity index (χ0) is 15.6. The summed E-state index contributed by atoms with van der Waals surface area (Å²) in [5.41, 5.74) is -1.17. The molecule has 0 spiro atoms. The van der Waals surface area contributed by atoms with Gasteiger partial charge in [-0.1, -0.05) is 0 Å². The van der Waals surface area contributed by atoms with Crippen LogP contribution in [-0.2, 0) is 6.18 Å². The van der Waals surface area contributed by atoms with E-state index in [2.05, 4.69) is 10.3 Å². The van der Waals surface area contributed by atoms with Crippen LogP contribution in [0.3, 0.4) is 0 Å². The number of rotatable bonds is 2. The van der Waals surface area contributed by atoms with Crippen molar-refractivity contribution in [2.24, 2.45) is 0 Å². The summed E-state index contributed by atoms with van der Waals surface area (Å²) in [6, 6.07) is 5.12. The summed E-state index contributed by atoms with van der Waals surface area (Å²) in [5.74, 6) is -1.42. The number of nitrogens with one attached hydrogen (secondary N) is 1. The third-order valence-corrected chi connectivity index (χ3v) is 2.54. The molecule has 0 aliphatic carbocycles. The summed E-state index contributed by atoms with van der Waals surface area (Å²) in [7, 11) is 0. The number of aromatic nitrogens is 1. The van der Waals surface area contributed by atoms with Gasteiger partial charge in [0.15, 0.2) is 0 Å². The number of carbonyl (C=O) groups is 1. The molecule has 0 aliphatic rings. The van der Waals surface area contributed by atoms with E-state index in [1.807, 2.05) is 0 Å². The Kier molecular flexibility index (Phi) is 3.70. The summed E-state index contributed by atoms with van der Waals surface area (Å²) < 4.78 is 37.0. The lowest BCUT2D eigenvalue weighted by Crippen LogP contribution is -2.13. The van der Waals surface area contributed by atoms with Crippen molar-refractivity contribution in [2.75, 3.05) is 5.32 Å². The fraction of sp³-hybridized carbons (Fsp3) is 0.0769. The van der Waals surface area contributed by atoms with Crippen molar-refractivity contribution in [1.29, 1.82) is 0 Å². The molecule has 0 radical (unpaired) electrons. The van der Waals surface area contributed by atoms with Gasteiger partial charge in [0.05, 0.1) is 17.4 Å². The predicted octanol–water partition coefficient (Wildman–Crippen LogP) is 2.76. The van der Waals surface area contributed by atoms with E-state index in [4.69, 9.17) is 5.11 Å². The number of benzene rings is 1. The highest BCUT2D eigenvalue weighted by Crippen LogP contribution is 2.28. The Balaban J connectivity index is 2.16. The molecule has 2 rings (SSSR count). The second-order valence-corrected chi connectivity index (χ2v) is 4.09. The van der Waals surface area contributed by atoms with Gasteiger partial charge in [0.25, 0.3) is 5.91 Å². The SMILES string of the molecule is O=C(Nc1ccc(C(F)(F)F)nc1)c1ccc(O)cc1O. The number of hydrogen-bond acceptors (Lipinski definition) is 4. The van der Waals surface area contributed by atoms with E-state index in [1.165, 1.54) is 12.1 Å². The fourth-order valence-corrected chi connectivity index (χ4v) is 1.55. The van der Waals surface area contributed by atoms with Crippen LogP contribution in [0.4, 0.5) is 18.9 Å². The van der Waals surface area contributed by atoms with Crippen molar-refractivity contribution in [1.82, 2.24) is 4.98 Å². The highest BCUT2D eigenvalue weighted by atomic mass is 19.4. The molecular weight excluding hydrogens is 289 g/mol. The second-order valence-electron chi connectivity index (χ2n) is 4.09. The second kappa shape index (κ2) is 5.31. The third kappa shape index (κ3) is 3.41. The molecule has 0 atom stereocenters. The Hall–Kier alpha value is -2.77. The molecular formula is C13H9F3N2O3. The van der Waals surface area contributed by atoms with Crippen LogP contribution in [0.5, 0.6) is 11.5 Å². The molecule has 1 aromatic heterocycles. The number of halogens is 3. The quantitative estimate of drug-likeness (QED) is 0.796. The lowest BCUT2D eigenvalue weighted by molar-refractivity contribution is -0.141. The van der Waals surface area contributed by atoms with Crippen LogP contribution in [0.2, 0.25) is 0 Å². The zero-order valence-electron chi connectivity index (χ0n) is 10.3. The van der Waals surface area contributed by atoms with Gasteiger partial charge in [-0.3, -0.25) is 4.79 Å². The number of amides is 1. The van der Waals surface area contributed by atoms with Crippen LogP contribution >= 0.6 is 0 Å². The van der Waals surface area contributed by atoms with Gasteiger partial charge >= 0.3 is 6.18 Å². The minimum atomic E-state index is -4.56. The molecule has 3 N–H and O–H groups in total. The molecule has 0 bridgehead atoms. The number of anilines is 1. The fourth-order valence-electron chi connectivity index (χ4n) is 1.55. The van der Waals surface area contributed by atoms with E-state index in [9.17, 15) is 23.1 Å². The first-order valence-electron chi connectivity index (χ1n) is 5.64. The van der Waals surface area contributed by atoms with Crippen molar-refractivity contribution in [3.63, 3.8) is 0 Å². The zero-order valence-corrected chi connectivity index (χ0v) is 10.3. The van der Waals surface area contributed by atoms with Crippen LogP contribution in [0.15, 0.2) is 36.5 Å². The Morgan fingerprint density at radius 1 is 1.14 bits per heavy atom. The molecule has 0 saturated carbocycles. The molecule has 2 aromatic rings. The smallest absolute Gasteiger partial charge is 0.433 e. The monoisotopic (exact) mass is 298 g/mol. The van der Waals surface area contributed by atoms with Crippen LogP contribution in [0, 0.1) is 0 Å². The first-order valence-corrected chi connectivity index (χ1v) is 5.64. The number of phenolic OH excluding ortho intramolecular Hbond substituents is 2. The van der Waals surface area contributed by atoms with Gasteiger partial charge in [0, 0.05) is 6.07 Å². The average Bonchev–Trinajstić information content (AvgIpc) is 2.38. The molecule has 0 aliphatic heterocycles. The third-order valence-electron chi connectivity index (χ3n) is 2.54. The van der Waals surface area contributed by atoms with Crippen molar-refractivity contribution >= 4 is 11.6 Å². The average molecular weight is 298 g/mol. The van der Waals surface area contributed by atoms with Crippen molar-refractivity contribution in [3.8, 4) is 11.5 Å². The first-order chi connectivity index (χ1) is 9.77. The lowest BCUT2D eigenvalue weighted by atomic mass is 10.1. The minimum Gasteiger partial charge on any atom is -0.508 e. The molecule has 5 nitrogen and oxygen atoms in total. The van der Waals surface area contributed by atoms with Gasteiger partial charge < -0.3 is 15.5 Å². The number of alkyl halides is 3. The van der Waals surface area contributed by atoms with Gasteiger partial charge in [-0.15, -0.1) is 0 Å². The first kappa shape index (κ1) is 14.6. The van der Waals surface area contributed by atoms with E-state index < -0.39 is 23.5 Å². The summed E-state index contributed by atoms with van der Waals surface area (Å²) in [4.78, 5) is 15.0. The minimum absolute atomic E-state index is 0.0421. The Morgan fingerprint density at radius 3 is 2.38 bits per heavy atom. The van der Waals surface area contributed by atoms with Gasteiger partial charge in [0.2, 0.25) is 0 Å². The van der Waals surface area contributed by atoms with Crippen molar-refractivity contribution < 1.29 is 28.2 Å². The normalized spacial score (nSPS) is 11.2. The number of pyridine rings is 1. The van der Waals surface area contributed by atoms with Crippen LogP contribution in [-0.4, -0.2) is 21.1 Å². The summed E-state index contributed by atoms with van der Waals surface area (Å²) >= 11 is 0. The predicted molar refractivity (Wildman–Crippen MR) is 67.0 cm³/mol. The number of phenols is 2. The Labute approximate surface area is 116 Å². The van der Waals surface area contributed by atoms with E-state index >= 15 is 0 Å². The molecule has 8 heteroatoms. The Bertz CT molecular complexity index is 669. The van der Waals surface area contributed by atoms with E-state index in [0.717, 1.165) is 24.4 Å². The molecule has 0 fully saturated rings. The van der Waals surface area contributed by atoms with Crippen molar-refractivity contribution in [2.45, 2.75) is 6.18 Å². The van der Waals surface area contributed by atoms with Crippen LogP contribution < -0.4 is 5.32 Å². The van der Waals surface area contributed by atoms with Crippen LogP contribution in [0.25, 0.3) is 0 Å². The summed E-state index contributed by atoms with van der Waals surface area (Å²) in [5, 5.41) is 20.9. The van der Waals surface area contributed by atoms with Gasteiger partial charge in [0.1, 0.15) is 17.2 Å². The highest BCUT2D eigenvalue weighted by molar-refractivity contribution is 6.06. The molecule has 21 heavy (non-hydrogen) atoms. The maximum atomic E-state index is 12.3. The molecule has 0 unspecified atom stereocenters. The van der Waals surface area contributed by atoms with Crippen molar-refractivity contribution in [3.05, 3.63) is 47.8 Å². The number of nitrogens with zero attached hydrogens (tertiary/aromatic N) is 1.